The summed E-state index contributed by atoms with van der Waals surface area (Å²) in [5.74, 6) is 0. The van der Waals surface area contributed by atoms with Crippen molar-refractivity contribution in [2.24, 2.45) is 0 Å². The molecule has 66 heavy (non-hydrogen) atoms. The van der Waals surface area contributed by atoms with Crippen LogP contribution in [0, 0.1) is 0 Å². The van der Waals surface area contributed by atoms with Gasteiger partial charge in [-0.15, -0.1) is 0 Å². The van der Waals surface area contributed by atoms with Gasteiger partial charge in [-0.05, 0) is 159 Å². The van der Waals surface area contributed by atoms with E-state index < -0.39 is 0 Å². The lowest BCUT2D eigenvalue weighted by Gasteiger charge is -2.23. The van der Waals surface area contributed by atoms with E-state index >= 15 is 0 Å². The zero-order chi connectivity index (χ0) is 44.6. The minimum atomic E-state index is -0.164. The molecule has 0 N–H and O–H groups in total. The molecule has 10 aromatic carbocycles. The van der Waals surface area contributed by atoms with Crippen molar-refractivity contribution in [1.29, 1.82) is 0 Å². The van der Waals surface area contributed by atoms with Gasteiger partial charge in [0.1, 0.15) is 0 Å². The van der Waals surface area contributed by atoms with E-state index in [9.17, 15) is 0 Å². The van der Waals surface area contributed by atoms with Crippen LogP contribution in [0.1, 0.15) is 49.9 Å². The summed E-state index contributed by atoms with van der Waals surface area (Å²) in [5.41, 5.74) is 28.0. The van der Waals surface area contributed by atoms with Gasteiger partial charge in [0.25, 0.3) is 0 Å². The Kier molecular flexibility index (Phi) is 9.30. The van der Waals surface area contributed by atoms with Crippen molar-refractivity contribution in [2.45, 2.75) is 38.5 Å². The van der Waals surface area contributed by atoms with E-state index in [0.29, 0.717) is 0 Å². The van der Waals surface area contributed by atoms with Crippen LogP contribution in [-0.4, -0.2) is 0 Å². The fourth-order valence-electron chi connectivity index (χ4n) is 11.0. The smallest absolute Gasteiger partial charge is 0.0159 e. The van der Waals surface area contributed by atoms with E-state index in [4.69, 9.17) is 0 Å². The minimum absolute atomic E-state index is 0.125. The summed E-state index contributed by atoms with van der Waals surface area (Å²) < 4.78 is 0. The van der Waals surface area contributed by atoms with Crippen LogP contribution in [-0.2, 0) is 10.8 Å². The second-order valence-electron chi connectivity index (χ2n) is 19.3. The van der Waals surface area contributed by atoms with Crippen molar-refractivity contribution < 1.29 is 0 Å². The first-order valence-electron chi connectivity index (χ1n) is 23.3. The highest BCUT2D eigenvalue weighted by Crippen LogP contribution is 2.53. The summed E-state index contributed by atoms with van der Waals surface area (Å²) in [6.45, 7) is 9.55. The predicted molar refractivity (Wildman–Crippen MR) is 280 cm³/mol. The molecule has 314 valence electrons. The Labute approximate surface area is 389 Å². The standard InChI is InChI=1S/C66H50/c1-65(2)61-39-51(28-33-56(61)58-35-30-53(41-63(58)65)49-22-14-21-48(37-49)43-15-8-5-9-16-43)45-23-25-46(26-24-45)52-29-34-57-59-36-31-54(42-64(59)66(3,4)62(57)40-52)60-38-50(44-17-10-6-11-18-44)27-32-55(60)47-19-12-7-13-20-47/h5-42H,1-4H3. The number of hydrogen-bond donors (Lipinski definition) is 0. The summed E-state index contributed by atoms with van der Waals surface area (Å²) in [5, 5.41) is 0. The van der Waals surface area contributed by atoms with Gasteiger partial charge in [-0.1, -0.05) is 222 Å². The molecule has 0 heterocycles. The second-order valence-corrected chi connectivity index (χ2v) is 19.3. The van der Waals surface area contributed by atoms with Crippen LogP contribution < -0.4 is 0 Å². The Balaban J connectivity index is 0.827. The van der Waals surface area contributed by atoms with Gasteiger partial charge in [0.2, 0.25) is 0 Å². The van der Waals surface area contributed by atoms with Crippen LogP contribution in [0.2, 0.25) is 0 Å². The molecule has 0 amide bonds. The average molecular weight is 843 g/mol. The maximum absolute atomic E-state index is 2.46. The topological polar surface area (TPSA) is 0 Å². The minimum Gasteiger partial charge on any atom is -0.0622 e. The molecule has 2 aliphatic carbocycles. The van der Waals surface area contributed by atoms with Crippen molar-refractivity contribution >= 4 is 0 Å². The lowest BCUT2D eigenvalue weighted by atomic mass is 9.80. The Hall–Kier alpha value is -7.80. The van der Waals surface area contributed by atoms with E-state index in [1.165, 1.54) is 122 Å². The van der Waals surface area contributed by atoms with Crippen LogP contribution in [0.3, 0.4) is 0 Å². The van der Waals surface area contributed by atoms with Crippen LogP contribution in [0.15, 0.2) is 231 Å². The molecule has 0 bridgehead atoms. The largest absolute Gasteiger partial charge is 0.0622 e. The molecule has 0 fully saturated rings. The first kappa shape index (κ1) is 39.8. The maximum atomic E-state index is 2.46. The predicted octanol–water partition coefficient (Wildman–Crippen LogP) is 18.0. The van der Waals surface area contributed by atoms with Crippen LogP contribution in [0.5, 0.6) is 0 Å². The zero-order valence-electron chi connectivity index (χ0n) is 37.9. The molecule has 10 aromatic rings. The van der Waals surface area contributed by atoms with E-state index in [-0.39, 0.29) is 10.8 Å². The molecule has 0 nitrogen and oxygen atoms in total. The lowest BCUT2D eigenvalue weighted by Crippen LogP contribution is -2.15. The molecule has 0 saturated carbocycles. The van der Waals surface area contributed by atoms with Crippen molar-refractivity contribution in [1.82, 2.24) is 0 Å². The van der Waals surface area contributed by atoms with Crippen molar-refractivity contribution in [3.8, 4) is 100 Å². The number of rotatable bonds is 7. The SMILES string of the molecule is CC1(C)c2cc(-c3ccc(-c4ccc5c(c4)C(C)(C)c4cc(-c6cc(-c7ccccc7)ccc6-c6ccccc6)ccc4-5)cc3)ccc2-c2ccc(-c3cccc(-c4ccccc4)c3)cc21. The second kappa shape index (κ2) is 15.4. The van der Waals surface area contributed by atoms with Gasteiger partial charge in [-0.2, -0.15) is 0 Å². The van der Waals surface area contributed by atoms with Gasteiger partial charge in [0.15, 0.2) is 0 Å². The normalized spacial score (nSPS) is 13.7. The summed E-state index contributed by atoms with van der Waals surface area (Å²) in [6.07, 6.45) is 0. The maximum Gasteiger partial charge on any atom is 0.0159 e. The van der Waals surface area contributed by atoms with Gasteiger partial charge in [-0.3, -0.25) is 0 Å². The molecule has 0 spiro atoms. The summed E-state index contributed by atoms with van der Waals surface area (Å²) in [7, 11) is 0. The highest BCUT2D eigenvalue weighted by atomic mass is 14.4. The molecule has 0 unspecified atom stereocenters. The molecule has 0 aromatic heterocycles. The summed E-state index contributed by atoms with van der Waals surface area (Å²) in [6, 6.07) is 85.6. The van der Waals surface area contributed by atoms with E-state index in [1.54, 1.807) is 0 Å². The molecule has 0 radical (unpaired) electrons. The summed E-state index contributed by atoms with van der Waals surface area (Å²) >= 11 is 0. The van der Waals surface area contributed by atoms with Gasteiger partial charge in [-0.25, -0.2) is 0 Å². The Morgan fingerprint density at radius 1 is 0.182 bits per heavy atom. The first-order valence-corrected chi connectivity index (χ1v) is 23.3. The van der Waals surface area contributed by atoms with Crippen LogP contribution in [0.25, 0.3) is 100 Å². The molecular weight excluding hydrogens is 793 g/mol. The highest BCUT2D eigenvalue weighted by molar-refractivity contribution is 5.92. The molecule has 12 rings (SSSR count). The van der Waals surface area contributed by atoms with E-state index in [1.807, 2.05) is 0 Å². The summed E-state index contributed by atoms with van der Waals surface area (Å²) in [4.78, 5) is 0. The monoisotopic (exact) mass is 842 g/mol. The number of fused-ring (bicyclic) bond motifs is 6. The Morgan fingerprint density at radius 3 is 0.894 bits per heavy atom. The van der Waals surface area contributed by atoms with E-state index in [2.05, 4.69) is 258 Å². The van der Waals surface area contributed by atoms with Crippen LogP contribution >= 0.6 is 0 Å². The Morgan fingerprint density at radius 2 is 0.455 bits per heavy atom. The third-order valence-electron chi connectivity index (χ3n) is 14.7. The van der Waals surface area contributed by atoms with Gasteiger partial charge in [0, 0.05) is 10.8 Å². The van der Waals surface area contributed by atoms with Crippen molar-refractivity contribution in [3.63, 3.8) is 0 Å². The lowest BCUT2D eigenvalue weighted by molar-refractivity contribution is 0.660. The molecule has 0 saturated heterocycles. The highest BCUT2D eigenvalue weighted by Gasteiger charge is 2.37. The van der Waals surface area contributed by atoms with Gasteiger partial charge < -0.3 is 0 Å². The quantitative estimate of drug-likeness (QED) is 0.150. The van der Waals surface area contributed by atoms with Gasteiger partial charge >= 0.3 is 0 Å². The molecule has 0 heteroatoms. The Bertz CT molecular complexity index is 3480. The third-order valence-corrected chi connectivity index (χ3v) is 14.7. The fraction of sp³-hybridized carbons (Fsp3) is 0.0909. The number of hydrogen-bond acceptors (Lipinski definition) is 0. The molecule has 0 aliphatic heterocycles. The molecular formula is C66H50. The average Bonchev–Trinajstić information content (AvgIpc) is 3.74. The zero-order valence-corrected chi connectivity index (χ0v) is 37.9. The first-order chi connectivity index (χ1) is 32.2. The van der Waals surface area contributed by atoms with Crippen molar-refractivity contribution in [3.05, 3.63) is 253 Å². The van der Waals surface area contributed by atoms with E-state index in [0.717, 1.165) is 0 Å². The molecule has 2 aliphatic rings. The number of benzene rings is 10. The van der Waals surface area contributed by atoms with Crippen molar-refractivity contribution in [2.75, 3.05) is 0 Å². The fourth-order valence-corrected chi connectivity index (χ4v) is 11.0. The van der Waals surface area contributed by atoms with Gasteiger partial charge in [0.05, 0.1) is 0 Å². The van der Waals surface area contributed by atoms with Crippen LogP contribution in [0.4, 0.5) is 0 Å². The molecule has 0 atom stereocenters. The third kappa shape index (κ3) is 6.59.